The van der Waals surface area contributed by atoms with Gasteiger partial charge < -0.3 is 4.43 Å². The lowest BCUT2D eigenvalue weighted by Gasteiger charge is -2.41. The normalized spacial score (nSPS) is 12.4. The molecule has 0 rings (SSSR count). The van der Waals surface area contributed by atoms with Crippen LogP contribution in [0.4, 0.5) is 0 Å². The van der Waals surface area contributed by atoms with E-state index in [2.05, 4.69) is 61.7 Å². The number of hydrogen-bond donors (Lipinski definition) is 0. The molecule has 0 bridgehead atoms. The van der Waals surface area contributed by atoms with Gasteiger partial charge in [-0.25, -0.2) is 0 Å². The smallest absolute Gasteiger partial charge is 0.257 e. The third kappa shape index (κ3) is 3.87. The van der Waals surface area contributed by atoms with Crippen molar-refractivity contribution in [3.05, 3.63) is 11.8 Å². The van der Waals surface area contributed by atoms with E-state index in [4.69, 9.17) is 4.43 Å². The average Bonchev–Trinajstić information content (AvgIpc) is 2.23. The minimum atomic E-state index is -1.70. The highest BCUT2D eigenvalue weighted by atomic mass is 28.4. The molecule has 0 aromatic rings. The third-order valence-corrected chi connectivity index (χ3v) is 9.99. The van der Waals surface area contributed by atoms with Crippen molar-refractivity contribution in [3.63, 3.8) is 0 Å². The molecule has 0 saturated heterocycles. The van der Waals surface area contributed by atoms with Crippen LogP contribution in [0.15, 0.2) is 11.8 Å². The molecule has 17 heavy (non-hydrogen) atoms. The van der Waals surface area contributed by atoms with Gasteiger partial charge in [-0.2, -0.15) is 0 Å². The molecule has 0 radical (unpaired) electrons. The predicted molar refractivity (Wildman–Crippen MR) is 80.8 cm³/mol. The summed E-state index contributed by atoms with van der Waals surface area (Å²) in [6.45, 7) is 18.4. The average molecular weight is 257 g/mol. The van der Waals surface area contributed by atoms with Gasteiger partial charge in [0.15, 0.2) is 0 Å². The predicted octanol–water partition coefficient (Wildman–Crippen LogP) is 5.88. The van der Waals surface area contributed by atoms with E-state index in [0.717, 1.165) is 12.8 Å². The second kappa shape index (κ2) is 7.25. The van der Waals surface area contributed by atoms with Gasteiger partial charge in [0, 0.05) is 0 Å². The van der Waals surface area contributed by atoms with Crippen LogP contribution in [-0.4, -0.2) is 8.32 Å². The van der Waals surface area contributed by atoms with Crippen molar-refractivity contribution in [2.75, 3.05) is 0 Å². The minimum Gasteiger partial charge on any atom is -0.548 e. The van der Waals surface area contributed by atoms with Crippen LogP contribution in [-0.2, 0) is 4.43 Å². The maximum absolute atomic E-state index is 6.43. The van der Waals surface area contributed by atoms with E-state index in [9.17, 15) is 0 Å². The summed E-state index contributed by atoms with van der Waals surface area (Å²) in [5.41, 5.74) is 3.42. The molecule has 2 heteroatoms. The molecule has 0 atom stereocenters. The lowest BCUT2D eigenvalue weighted by molar-refractivity contribution is 0.409. The van der Waals surface area contributed by atoms with Crippen molar-refractivity contribution in [3.8, 4) is 0 Å². The molecular formula is C15H32OSi. The summed E-state index contributed by atoms with van der Waals surface area (Å²) < 4.78 is 6.43. The van der Waals surface area contributed by atoms with Gasteiger partial charge in [0.25, 0.3) is 8.32 Å². The Balaban J connectivity index is 5.13. The Labute approximate surface area is 110 Å². The molecule has 0 aromatic carbocycles. The van der Waals surface area contributed by atoms with Crippen LogP contribution in [0.5, 0.6) is 0 Å². The molecule has 0 heterocycles. The van der Waals surface area contributed by atoms with Gasteiger partial charge >= 0.3 is 0 Å². The molecule has 0 amide bonds. The molecule has 0 fully saturated rings. The second-order valence-electron chi connectivity index (χ2n) is 5.92. The summed E-state index contributed by atoms with van der Waals surface area (Å²) in [7, 11) is -1.70. The van der Waals surface area contributed by atoms with Gasteiger partial charge in [-0.05, 0) is 35.0 Å². The highest BCUT2D eigenvalue weighted by molar-refractivity contribution is 6.77. The van der Waals surface area contributed by atoms with E-state index in [0.29, 0.717) is 16.6 Å². The van der Waals surface area contributed by atoms with E-state index in [-0.39, 0.29) is 0 Å². The van der Waals surface area contributed by atoms with E-state index >= 15 is 0 Å². The van der Waals surface area contributed by atoms with Gasteiger partial charge in [-0.1, -0.05) is 55.4 Å². The largest absolute Gasteiger partial charge is 0.548 e. The minimum absolute atomic E-state index is 0.661. The van der Waals surface area contributed by atoms with Crippen molar-refractivity contribution in [1.82, 2.24) is 0 Å². The number of allylic oxidation sites excluding steroid dienone is 1. The van der Waals surface area contributed by atoms with E-state index in [1.54, 1.807) is 0 Å². The summed E-state index contributed by atoms with van der Waals surface area (Å²) in [6, 6.07) is 0. The van der Waals surface area contributed by atoms with Gasteiger partial charge in [-0.15, -0.1) is 0 Å². The zero-order valence-corrected chi connectivity index (χ0v) is 14.1. The van der Waals surface area contributed by atoms with E-state index in [1.165, 1.54) is 5.57 Å². The fourth-order valence-electron chi connectivity index (χ4n) is 3.01. The molecule has 0 aliphatic rings. The summed E-state index contributed by atoms with van der Waals surface area (Å²) in [5.74, 6) is 0. The molecule has 0 aliphatic carbocycles. The maximum Gasteiger partial charge on any atom is 0.257 e. The molecule has 0 spiro atoms. The molecule has 0 N–H and O–H groups in total. The Morgan fingerprint density at radius 1 is 0.882 bits per heavy atom. The van der Waals surface area contributed by atoms with Crippen LogP contribution >= 0.6 is 0 Å². The molecular weight excluding hydrogens is 224 g/mol. The van der Waals surface area contributed by atoms with Crippen LogP contribution in [0.1, 0.15) is 68.2 Å². The van der Waals surface area contributed by atoms with E-state index in [1.807, 2.05) is 0 Å². The zero-order chi connectivity index (χ0) is 13.6. The fraction of sp³-hybridized carbons (Fsp3) is 0.867. The van der Waals surface area contributed by atoms with Crippen LogP contribution in [0.25, 0.3) is 0 Å². The first-order chi connectivity index (χ1) is 7.82. The quantitative estimate of drug-likeness (QED) is 0.408. The SMILES string of the molecule is CCC(=CO[Si](C(C)C)(C(C)C)C(C)C)CC. The number of rotatable bonds is 7. The Morgan fingerprint density at radius 3 is 1.47 bits per heavy atom. The first-order valence-electron chi connectivity index (χ1n) is 7.18. The van der Waals surface area contributed by atoms with Crippen molar-refractivity contribution >= 4 is 8.32 Å². The first kappa shape index (κ1) is 16.8. The molecule has 1 nitrogen and oxygen atoms in total. The first-order valence-corrected chi connectivity index (χ1v) is 9.32. The van der Waals surface area contributed by atoms with E-state index < -0.39 is 8.32 Å². The van der Waals surface area contributed by atoms with Crippen molar-refractivity contribution in [2.24, 2.45) is 0 Å². The van der Waals surface area contributed by atoms with Crippen LogP contribution < -0.4 is 0 Å². The van der Waals surface area contributed by atoms with Gasteiger partial charge in [-0.3, -0.25) is 0 Å². The standard InChI is InChI=1S/C15H32OSi/c1-9-15(10-2)11-16-17(12(3)4,13(5)6)14(7)8/h11-14H,9-10H2,1-8H3. The van der Waals surface area contributed by atoms with Crippen molar-refractivity contribution < 1.29 is 4.43 Å². The second-order valence-corrected chi connectivity index (χ2v) is 11.3. The summed E-state index contributed by atoms with van der Waals surface area (Å²) in [5, 5.41) is 0. The van der Waals surface area contributed by atoms with Gasteiger partial charge in [0.05, 0.1) is 6.26 Å². The maximum atomic E-state index is 6.43. The monoisotopic (exact) mass is 256 g/mol. The Bertz CT molecular complexity index is 214. The summed E-state index contributed by atoms with van der Waals surface area (Å²) in [4.78, 5) is 0. The van der Waals surface area contributed by atoms with Crippen LogP contribution in [0, 0.1) is 0 Å². The lowest BCUT2D eigenvalue weighted by Crippen LogP contribution is -2.46. The van der Waals surface area contributed by atoms with Crippen LogP contribution in [0.3, 0.4) is 0 Å². The summed E-state index contributed by atoms with van der Waals surface area (Å²) in [6.07, 6.45) is 4.30. The highest BCUT2D eigenvalue weighted by Crippen LogP contribution is 2.42. The number of hydrogen-bond acceptors (Lipinski definition) is 1. The van der Waals surface area contributed by atoms with Crippen molar-refractivity contribution in [1.29, 1.82) is 0 Å². The Kier molecular flexibility index (Phi) is 7.15. The van der Waals surface area contributed by atoms with Crippen molar-refractivity contribution in [2.45, 2.75) is 84.9 Å². The lowest BCUT2D eigenvalue weighted by atomic mass is 10.2. The molecule has 0 aromatic heterocycles. The zero-order valence-electron chi connectivity index (χ0n) is 13.1. The van der Waals surface area contributed by atoms with Gasteiger partial charge in [0.2, 0.25) is 0 Å². The van der Waals surface area contributed by atoms with Crippen LogP contribution in [0.2, 0.25) is 16.6 Å². The highest BCUT2D eigenvalue weighted by Gasteiger charge is 2.46. The van der Waals surface area contributed by atoms with Gasteiger partial charge in [0.1, 0.15) is 0 Å². The fourth-order valence-corrected chi connectivity index (χ4v) is 8.20. The molecule has 0 saturated carbocycles. The molecule has 0 unspecified atom stereocenters. The topological polar surface area (TPSA) is 9.23 Å². The Morgan fingerprint density at radius 2 is 1.24 bits per heavy atom. The molecule has 102 valence electrons. The third-order valence-electron chi connectivity index (χ3n) is 4.05. The Hall–Kier alpha value is -0.243. The summed E-state index contributed by atoms with van der Waals surface area (Å²) >= 11 is 0. The molecule has 0 aliphatic heterocycles.